The molecule has 0 amide bonds. The first-order valence-electron chi connectivity index (χ1n) is 6.04. The number of ether oxygens (including phenoxy) is 1. The van der Waals surface area contributed by atoms with Crippen molar-refractivity contribution in [3.63, 3.8) is 0 Å². The fourth-order valence-electron chi connectivity index (χ4n) is 1.83. The standard InChI is InChI=1S/C16H15ClO2/c1-11-3-6-14(9-18)16(12(11)2)19-10-13-4-7-15(17)8-5-13/h3-9H,10H2,1-2H3. The Labute approximate surface area is 118 Å². The lowest BCUT2D eigenvalue weighted by molar-refractivity contribution is 0.111. The van der Waals surface area contributed by atoms with E-state index in [0.29, 0.717) is 22.9 Å². The fourth-order valence-corrected chi connectivity index (χ4v) is 1.96. The molecule has 0 N–H and O–H groups in total. The van der Waals surface area contributed by atoms with E-state index in [-0.39, 0.29) is 0 Å². The smallest absolute Gasteiger partial charge is 0.153 e. The van der Waals surface area contributed by atoms with Crippen LogP contribution >= 0.6 is 11.6 Å². The number of hydrogen-bond acceptors (Lipinski definition) is 2. The van der Waals surface area contributed by atoms with Gasteiger partial charge >= 0.3 is 0 Å². The number of aryl methyl sites for hydroxylation is 1. The SMILES string of the molecule is Cc1ccc(C=O)c(OCc2ccc(Cl)cc2)c1C. The lowest BCUT2D eigenvalue weighted by Gasteiger charge is -2.13. The molecule has 0 aliphatic carbocycles. The van der Waals surface area contributed by atoms with Gasteiger partial charge in [-0.15, -0.1) is 0 Å². The van der Waals surface area contributed by atoms with Gasteiger partial charge in [-0.2, -0.15) is 0 Å². The molecule has 0 heterocycles. The lowest BCUT2D eigenvalue weighted by atomic mass is 10.1. The Hall–Kier alpha value is -1.80. The normalized spacial score (nSPS) is 10.3. The lowest BCUT2D eigenvalue weighted by Crippen LogP contribution is -2.01. The zero-order valence-corrected chi connectivity index (χ0v) is 11.7. The van der Waals surface area contributed by atoms with E-state index in [0.717, 1.165) is 23.0 Å². The van der Waals surface area contributed by atoms with Crippen LogP contribution in [0, 0.1) is 13.8 Å². The summed E-state index contributed by atoms with van der Waals surface area (Å²) in [5.74, 6) is 0.657. The first-order chi connectivity index (χ1) is 9.11. The van der Waals surface area contributed by atoms with Gasteiger partial charge in [-0.1, -0.05) is 29.8 Å². The highest BCUT2D eigenvalue weighted by molar-refractivity contribution is 6.30. The molecular weight excluding hydrogens is 260 g/mol. The number of rotatable bonds is 4. The minimum absolute atomic E-state index is 0.419. The molecule has 0 aliphatic heterocycles. The first kappa shape index (κ1) is 13.6. The molecule has 0 spiro atoms. The van der Waals surface area contributed by atoms with Crippen molar-refractivity contribution in [2.75, 3.05) is 0 Å². The maximum absolute atomic E-state index is 11.0. The number of carbonyl (C=O) groups is 1. The maximum atomic E-state index is 11.0. The van der Waals surface area contributed by atoms with Crippen molar-refractivity contribution in [1.29, 1.82) is 0 Å². The molecule has 2 aromatic rings. The second-order valence-corrected chi connectivity index (χ2v) is 4.90. The highest BCUT2D eigenvalue weighted by Crippen LogP contribution is 2.26. The number of carbonyl (C=O) groups excluding carboxylic acids is 1. The minimum Gasteiger partial charge on any atom is -0.488 e. The molecule has 2 rings (SSSR count). The summed E-state index contributed by atoms with van der Waals surface area (Å²) in [6, 6.07) is 11.2. The van der Waals surface area contributed by atoms with E-state index in [9.17, 15) is 4.79 Å². The predicted octanol–water partition coefficient (Wildman–Crippen LogP) is 4.35. The third-order valence-corrected chi connectivity index (χ3v) is 3.38. The molecule has 3 heteroatoms. The maximum Gasteiger partial charge on any atom is 0.153 e. The minimum atomic E-state index is 0.419. The first-order valence-corrected chi connectivity index (χ1v) is 6.42. The fraction of sp³-hybridized carbons (Fsp3) is 0.188. The molecule has 0 saturated carbocycles. The summed E-state index contributed by atoms with van der Waals surface area (Å²) in [5.41, 5.74) is 3.70. The van der Waals surface area contributed by atoms with Gasteiger partial charge in [-0.3, -0.25) is 4.79 Å². The zero-order valence-electron chi connectivity index (χ0n) is 10.9. The van der Waals surface area contributed by atoms with Crippen molar-refractivity contribution in [3.05, 3.63) is 63.7 Å². The molecule has 19 heavy (non-hydrogen) atoms. The van der Waals surface area contributed by atoms with E-state index < -0.39 is 0 Å². The molecular formula is C16H15ClO2. The molecule has 0 unspecified atom stereocenters. The van der Waals surface area contributed by atoms with Gasteiger partial charge in [0.1, 0.15) is 12.4 Å². The van der Waals surface area contributed by atoms with Crippen LogP contribution < -0.4 is 4.74 Å². The second kappa shape index (κ2) is 5.89. The van der Waals surface area contributed by atoms with Crippen LogP contribution in [0.1, 0.15) is 27.0 Å². The number of aldehydes is 1. The third kappa shape index (κ3) is 3.15. The summed E-state index contributed by atoms with van der Waals surface area (Å²) in [4.78, 5) is 11.0. The Morgan fingerprint density at radius 2 is 1.79 bits per heavy atom. The van der Waals surface area contributed by atoms with Crippen LogP contribution in [0.3, 0.4) is 0 Å². The topological polar surface area (TPSA) is 26.3 Å². The molecule has 0 aromatic heterocycles. The van der Waals surface area contributed by atoms with Crippen LogP contribution in [0.25, 0.3) is 0 Å². The molecule has 0 radical (unpaired) electrons. The Morgan fingerprint density at radius 1 is 1.11 bits per heavy atom. The summed E-state index contributed by atoms with van der Waals surface area (Å²) in [6.07, 6.45) is 0.823. The Balaban J connectivity index is 2.21. The van der Waals surface area contributed by atoms with Crippen LogP contribution in [-0.4, -0.2) is 6.29 Å². The van der Waals surface area contributed by atoms with E-state index in [1.54, 1.807) is 6.07 Å². The summed E-state index contributed by atoms with van der Waals surface area (Å²) < 4.78 is 5.79. The molecule has 98 valence electrons. The summed E-state index contributed by atoms with van der Waals surface area (Å²) in [5, 5.41) is 0.698. The largest absolute Gasteiger partial charge is 0.488 e. The van der Waals surface area contributed by atoms with Gasteiger partial charge in [0.05, 0.1) is 5.56 Å². The van der Waals surface area contributed by atoms with E-state index >= 15 is 0 Å². The van der Waals surface area contributed by atoms with Gasteiger partial charge in [0.25, 0.3) is 0 Å². The number of benzene rings is 2. The van der Waals surface area contributed by atoms with Gasteiger partial charge in [-0.05, 0) is 48.7 Å². The molecule has 0 bridgehead atoms. The average Bonchev–Trinajstić information content (AvgIpc) is 2.42. The van der Waals surface area contributed by atoms with E-state index in [2.05, 4.69) is 0 Å². The molecule has 2 nitrogen and oxygen atoms in total. The van der Waals surface area contributed by atoms with Crippen molar-refractivity contribution in [3.8, 4) is 5.75 Å². The zero-order chi connectivity index (χ0) is 13.8. The highest BCUT2D eigenvalue weighted by Gasteiger charge is 2.09. The van der Waals surface area contributed by atoms with Crippen LogP contribution in [0.2, 0.25) is 5.02 Å². The van der Waals surface area contributed by atoms with Crippen molar-refractivity contribution in [2.45, 2.75) is 20.5 Å². The Kier molecular flexibility index (Phi) is 4.23. The van der Waals surface area contributed by atoms with Crippen LogP contribution in [0.5, 0.6) is 5.75 Å². The molecule has 0 saturated heterocycles. The van der Waals surface area contributed by atoms with Gasteiger partial charge < -0.3 is 4.74 Å². The summed E-state index contributed by atoms with van der Waals surface area (Å²) >= 11 is 5.84. The van der Waals surface area contributed by atoms with Gasteiger partial charge in [0.15, 0.2) is 6.29 Å². The van der Waals surface area contributed by atoms with Crippen molar-refractivity contribution in [1.82, 2.24) is 0 Å². The van der Waals surface area contributed by atoms with Crippen molar-refractivity contribution < 1.29 is 9.53 Å². The van der Waals surface area contributed by atoms with E-state index in [1.807, 2.05) is 44.2 Å². The van der Waals surface area contributed by atoms with Crippen LogP contribution in [0.4, 0.5) is 0 Å². The quantitative estimate of drug-likeness (QED) is 0.775. The monoisotopic (exact) mass is 274 g/mol. The number of hydrogen-bond donors (Lipinski definition) is 0. The van der Waals surface area contributed by atoms with Crippen LogP contribution in [-0.2, 0) is 6.61 Å². The van der Waals surface area contributed by atoms with Crippen molar-refractivity contribution in [2.24, 2.45) is 0 Å². The Morgan fingerprint density at radius 3 is 2.42 bits per heavy atom. The molecule has 2 aromatic carbocycles. The summed E-state index contributed by atoms with van der Waals surface area (Å²) in [6.45, 7) is 4.38. The number of halogens is 1. The molecule has 0 atom stereocenters. The Bertz CT molecular complexity index is 588. The van der Waals surface area contributed by atoms with Gasteiger partial charge in [-0.25, -0.2) is 0 Å². The highest BCUT2D eigenvalue weighted by atomic mass is 35.5. The van der Waals surface area contributed by atoms with Gasteiger partial charge in [0.2, 0.25) is 0 Å². The molecule has 0 aliphatic rings. The molecule has 0 fully saturated rings. The van der Waals surface area contributed by atoms with Crippen LogP contribution in [0.15, 0.2) is 36.4 Å². The predicted molar refractivity (Wildman–Crippen MR) is 77.1 cm³/mol. The third-order valence-electron chi connectivity index (χ3n) is 3.13. The van der Waals surface area contributed by atoms with E-state index in [4.69, 9.17) is 16.3 Å². The van der Waals surface area contributed by atoms with Gasteiger partial charge in [0, 0.05) is 5.02 Å². The summed E-state index contributed by atoms with van der Waals surface area (Å²) in [7, 11) is 0. The van der Waals surface area contributed by atoms with E-state index in [1.165, 1.54) is 0 Å². The average molecular weight is 275 g/mol. The van der Waals surface area contributed by atoms with Crippen molar-refractivity contribution >= 4 is 17.9 Å². The second-order valence-electron chi connectivity index (χ2n) is 4.46.